The minimum absolute atomic E-state index is 0.0350. The first-order valence-corrected chi connectivity index (χ1v) is 8.37. The highest BCUT2D eigenvalue weighted by atomic mass is 16.5. The van der Waals surface area contributed by atoms with Gasteiger partial charge in [-0.25, -0.2) is 0 Å². The van der Waals surface area contributed by atoms with Crippen LogP contribution in [0.1, 0.15) is 52.4 Å². The van der Waals surface area contributed by atoms with Crippen LogP contribution in [-0.2, 0) is 14.3 Å². The summed E-state index contributed by atoms with van der Waals surface area (Å²) in [5.41, 5.74) is 0. The van der Waals surface area contributed by atoms with Gasteiger partial charge in [-0.15, -0.1) is 0 Å². The number of nitrogens with zero attached hydrogens (tertiary/aromatic N) is 1. The van der Waals surface area contributed by atoms with Crippen LogP contribution < -0.4 is 5.32 Å². The molecular weight excluding hydrogens is 268 g/mol. The van der Waals surface area contributed by atoms with Gasteiger partial charge in [0.2, 0.25) is 5.91 Å². The number of carbonyl (C=O) groups excluding carboxylic acids is 1. The molecule has 1 N–H and O–H groups in total. The van der Waals surface area contributed by atoms with Gasteiger partial charge in [-0.3, -0.25) is 10.1 Å². The molecule has 2 atom stereocenters. The van der Waals surface area contributed by atoms with E-state index >= 15 is 0 Å². The fourth-order valence-corrected chi connectivity index (χ4v) is 2.70. The van der Waals surface area contributed by atoms with Gasteiger partial charge in [0.05, 0.1) is 25.4 Å². The first-order chi connectivity index (χ1) is 10.2. The van der Waals surface area contributed by atoms with Crippen LogP contribution in [0.2, 0.25) is 0 Å². The lowest BCUT2D eigenvalue weighted by Gasteiger charge is -2.23. The van der Waals surface area contributed by atoms with Crippen molar-refractivity contribution in [2.75, 3.05) is 33.5 Å². The molecule has 0 radical (unpaired) electrons. The van der Waals surface area contributed by atoms with Crippen LogP contribution in [0.5, 0.6) is 0 Å². The summed E-state index contributed by atoms with van der Waals surface area (Å²) in [4.78, 5) is 14.4. The average Bonchev–Trinajstić information content (AvgIpc) is 2.80. The molecule has 1 heterocycles. The highest BCUT2D eigenvalue weighted by molar-refractivity contribution is 5.84. The minimum atomic E-state index is 0.0350. The fourth-order valence-electron chi connectivity index (χ4n) is 2.70. The molecule has 1 aliphatic rings. The van der Waals surface area contributed by atoms with Crippen molar-refractivity contribution in [1.82, 2.24) is 10.2 Å². The molecule has 1 aliphatic heterocycles. The van der Waals surface area contributed by atoms with Crippen molar-refractivity contribution in [3.63, 3.8) is 0 Å². The summed E-state index contributed by atoms with van der Waals surface area (Å²) in [6.45, 7) is 7.17. The van der Waals surface area contributed by atoms with Gasteiger partial charge in [-0.2, -0.15) is 0 Å². The van der Waals surface area contributed by atoms with Crippen molar-refractivity contribution < 1.29 is 14.3 Å². The molecule has 0 aromatic carbocycles. The second kappa shape index (κ2) is 11.0. The monoisotopic (exact) mass is 300 g/mol. The summed E-state index contributed by atoms with van der Waals surface area (Å²) >= 11 is 0. The van der Waals surface area contributed by atoms with Crippen molar-refractivity contribution in [2.45, 2.75) is 64.6 Å². The molecule has 5 nitrogen and oxygen atoms in total. The Morgan fingerprint density at radius 1 is 1.14 bits per heavy atom. The zero-order chi connectivity index (χ0) is 15.5. The maximum atomic E-state index is 12.4. The van der Waals surface area contributed by atoms with Gasteiger partial charge in [-0.1, -0.05) is 26.7 Å². The van der Waals surface area contributed by atoms with Crippen molar-refractivity contribution in [3.8, 4) is 0 Å². The maximum Gasteiger partial charge on any atom is 0.241 e. The third kappa shape index (κ3) is 6.32. The van der Waals surface area contributed by atoms with E-state index in [2.05, 4.69) is 19.2 Å². The number of unbranched alkanes of at least 4 members (excludes halogenated alkanes) is 2. The van der Waals surface area contributed by atoms with Crippen LogP contribution in [0.25, 0.3) is 0 Å². The zero-order valence-corrected chi connectivity index (χ0v) is 13.9. The number of nitrogens with one attached hydrogen (secondary N) is 1. The molecule has 124 valence electrons. The van der Waals surface area contributed by atoms with Crippen LogP contribution in [0.4, 0.5) is 0 Å². The van der Waals surface area contributed by atoms with E-state index in [0.29, 0.717) is 13.2 Å². The van der Waals surface area contributed by atoms with Crippen LogP contribution in [0.15, 0.2) is 0 Å². The largest absolute Gasteiger partial charge is 0.382 e. The lowest BCUT2D eigenvalue weighted by molar-refractivity contribution is -0.130. The Bertz CT molecular complexity index is 287. The van der Waals surface area contributed by atoms with Gasteiger partial charge in [-0.05, 0) is 25.7 Å². The lowest BCUT2D eigenvalue weighted by Crippen LogP contribution is -2.37. The predicted octanol–water partition coefficient (Wildman–Crippen LogP) is 2.16. The molecule has 1 rings (SSSR count). The Hall–Kier alpha value is -0.650. The number of hydrogen-bond donors (Lipinski definition) is 1. The number of carbonyl (C=O) groups is 1. The summed E-state index contributed by atoms with van der Waals surface area (Å²) in [5, 5.41) is 3.47. The second-order valence-electron chi connectivity index (χ2n) is 5.63. The van der Waals surface area contributed by atoms with E-state index in [9.17, 15) is 4.79 Å². The van der Waals surface area contributed by atoms with Crippen LogP contribution in [0.3, 0.4) is 0 Å². The molecule has 0 spiro atoms. The molecule has 5 heteroatoms. The molecule has 0 aromatic rings. The summed E-state index contributed by atoms with van der Waals surface area (Å²) < 4.78 is 10.4. The van der Waals surface area contributed by atoms with Crippen molar-refractivity contribution in [3.05, 3.63) is 0 Å². The zero-order valence-electron chi connectivity index (χ0n) is 13.9. The van der Waals surface area contributed by atoms with Crippen molar-refractivity contribution in [2.24, 2.45) is 0 Å². The summed E-state index contributed by atoms with van der Waals surface area (Å²) in [7, 11) is 1.68. The van der Waals surface area contributed by atoms with E-state index in [-0.39, 0.29) is 18.1 Å². The molecule has 1 fully saturated rings. The molecular formula is C16H32N2O3. The third-order valence-corrected chi connectivity index (χ3v) is 3.95. The van der Waals surface area contributed by atoms with Gasteiger partial charge in [0.1, 0.15) is 0 Å². The van der Waals surface area contributed by atoms with Crippen LogP contribution in [0, 0.1) is 0 Å². The Kier molecular flexibility index (Phi) is 9.63. The molecule has 21 heavy (non-hydrogen) atoms. The topological polar surface area (TPSA) is 50.8 Å². The number of methoxy groups -OCH3 is 1. The number of rotatable bonds is 12. The van der Waals surface area contributed by atoms with Crippen molar-refractivity contribution >= 4 is 5.91 Å². The summed E-state index contributed by atoms with van der Waals surface area (Å²) in [6.07, 6.45) is 6.39. The quantitative estimate of drug-likeness (QED) is 0.561. The lowest BCUT2D eigenvalue weighted by atomic mass is 10.1. The van der Waals surface area contributed by atoms with Gasteiger partial charge in [0.25, 0.3) is 0 Å². The molecule has 0 aliphatic carbocycles. The van der Waals surface area contributed by atoms with Crippen LogP contribution in [-0.4, -0.2) is 56.5 Å². The average molecular weight is 300 g/mol. The van der Waals surface area contributed by atoms with E-state index < -0.39 is 0 Å². The molecule has 0 saturated carbocycles. The first-order valence-electron chi connectivity index (χ1n) is 8.37. The SMILES string of the molecule is CCCCC1NC(CC)N(CCCCOCCOC)C1=O. The van der Waals surface area contributed by atoms with E-state index in [0.717, 1.165) is 51.7 Å². The molecule has 1 amide bonds. The molecule has 0 bridgehead atoms. The summed E-state index contributed by atoms with van der Waals surface area (Å²) in [6, 6.07) is 0.0350. The number of hydrogen-bond acceptors (Lipinski definition) is 4. The minimum Gasteiger partial charge on any atom is -0.382 e. The number of amides is 1. The smallest absolute Gasteiger partial charge is 0.241 e. The molecule has 2 unspecified atom stereocenters. The normalized spacial score (nSPS) is 22.2. The van der Waals surface area contributed by atoms with E-state index in [1.165, 1.54) is 0 Å². The van der Waals surface area contributed by atoms with E-state index in [1.807, 2.05) is 4.90 Å². The fraction of sp³-hybridized carbons (Fsp3) is 0.938. The molecule has 0 aromatic heterocycles. The predicted molar refractivity (Wildman–Crippen MR) is 84.2 cm³/mol. The second-order valence-corrected chi connectivity index (χ2v) is 5.63. The Balaban J connectivity index is 2.23. The summed E-state index contributed by atoms with van der Waals surface area (Å²) in [5.74, 6) is 0.288. The highest BCUT2D eigenvalue weighted by Gasteiger charge is 2.36. The highest BCUT2D eigenvalue weighted by Crippen LogP contribution is 2.18. The van der Waals surface area contributed by atoms with Gasteiger partial charge in [0.15, 0.2) is 0 Å². The standard InChI is InChI=1S/C16H32N2O3/c1-4-6-9-14-16(19)18(15(5-2)17-14)10-7-8-11-21-13-12-20-3/h14-15,17H,4-13H2,1-3H3. The first kappa shape index (κ1) is 18.4. The molecule has 1 saturated heterocycles. The third-order valence-electron chi connectivity index (χ3n) is 3.95. The van der Waals surface area contributed by atoms with Crippen LogP contribution >= 0.6 is 0 Å². The van der Waals surface area contributed by atoms with Crippen molar-refractivity contribution in [1.29, 1.82) is 0 Å². The Labute approximate surface area is 129 Å². The Morgan fingerprint density at radius 3 is 2.62 bits per heavy atom. The number of ether oxygens (including phenoxy) is 2. The Morgan fingerprint density at radius 2 is 1.95 bits per heavy atom. The van der Waals surface area contributed by atoms with E-state index in [4.69, 9.17) is 9.47 Å². The van der Waals surface area contributed by atoms with Gasteiger partial charge < -0.3 is 14.4 Å². The van der Waals surface area contributed by atoms with Gasteiger partial charge in [0, 0.05) is 20.3 Å². The maximum absolute atomic E-state index is 12.4. The van der Waals surface area contributed by atoms with E-state index in [1.54, 1.807) is 7.11 Å². The van der Waals surface area contributed by atoms with Gasteiger partial charge >= 0.3 is 0 Å².